The van der Waals surface area contributed by atoms with Gasteiger partial charge < -0.3 is 14.3 Å². The molecule has 1 amide bonds. The first kappa shape index (κ1) is 18.3. The molecule has 1 N–H and O–H groups in total. The van der Waals surface area contributed by atoms with Gasteiger partial charge >= 0.3 is 0 Å². The maximum atomic E-state index is 12.4. The molecular formula is C19H22N4O2S. The predicted octanol–water partition coefficient (Wildman–Crippen LogP) is 3.48. The van der Waals surface area contributed by atoms with Gasteiger partial charge in [0.2, 0.25) is 5.91 Å². The summed E-state index contributed by atoms with van der Waals surface area (Å²) in [5.74, 6) is 1.54. The van der Waals surface area contributed by atoms with E-state index in [-0.39, 0.29) is 17.1 Å². The zero-order chi connectivity index (χ0) is 18.5. The molecule has 2 heterocycles. The van der Waals surface area contributed by atoms with Crippen LogP contribution in [0.4, 0.5) is 0 Å². The molecule has 0 aliphatic rings. The van der Waals surface area contributed by atoms with Crippen molar-refractivity contribution in [3.05, 3.63) is 54.3 Å². The van der Waals surface area contributed by atoms with E-state index in [4.69, 9.17) is 4.42 Å². The average Bonchev–Trinajstić information content (AvgIpc) is 3.30. The smallest absolute Gasteiger partial charge is 0.233 e. The molecule has 0 fully saturated rings. The van der Waals surface area contributed by atoms with Crippen LogP contribution in [0.25, 0.3) is 11.6 Å². The Kier molecular flexibility index (Phi) is 5.78. The number of nitrogens with one attached hydrogen (secondary N) is 1. The zero-order valence-corrected chi connectivity index (χ0v) is 15.9. The molecule has 0 saturated heterocycles. The number of thioether (sulfide) groups is 1. The highest BCUT2D eigenvalue weighted by molar-refractivity contribution is 8.00. The Morgan fingerprint density at radius 1 is 1.19 bits per heavy atom. The van der Waals surface area contributed by atoms with Crippen molar-refractivity contribution in [2.75, 3.05) is 6.54 Å². The van der Waals surface area contributed by atoms with Gasteiger partial charge in [0.15, 0.2) is 16.7 Å². The number of carbonyl (C=O) groups excluding carboxylic acids is 1. The van der Waals surface area contributed by atoms with Gasteiger partial charge in [0.1, 0.15) is 0 Å². The van der Waals surface area contributed by atoms with Gasteiger partial charge in [0.05, 0.1) is 11.5 Å². The SMILES string of the molecule is CC(Sc1nnc(-c2ccco2)n1C)C(=O)NCC(C)c1ccccc1. The van der Waals surface area contributed by atoms with Crippen LogP contribution < -0.4 is 5.32 Å². The van der Waals surface area contributed by atoms with Crippen LogP contribution in [-0.2, 0) is 11.8 Å². The molecule has 3 rings (SSSR count). The van der Waals surface area contributed by atoms with Crippen molar-refractivity contribution in [3.8, 4) is 11.6 Å². The summed E-state index contributed by atoms with van der Waals surface area (Å²) in [6.45, 7) is 4.57. The summed E-state index contributed by atoms with van der Waals surface area (Å²) < 4.78 is 7.19. The summed E-state index contributed by atoms with van der Waals surface area (Å²) in [4.78, 5) is 12.4. The van der Waals surface area contributed by atoms with Gasteiger partial charge in [-0.3, -0.25) is 4.79 Å². The quantitative estimate of drug-likeness (QED) is 0.645. The lowest BCUT2D eigenvalue weighted by atomic mass is 10.0. The molecule has 2 atom stereocenters. The Bertz CT molecular complexity index is 846. The van der Waals surface area contributed by atoms with Gasteiger partial charge in [-0.25, -0.2) is 0 Å². The number of rotatable bonds is 7. The minimum absolute atomic E-state index is 0.0136. The van der Waals surface area contributed by atoms with E-state index in [2.05, 4.69) is 34.6 Å². The van der Waals surface area contributed by atoms with Crippen molar-refractivity contribution in [1.29, 1.82) is 0 Å². The average molecular weight is 370 g/mol. The van der Waals surface area contributed by atoms with E-state index < -0.39 is 0 Å². The first-order chi connectivity index (χ1) is 12.6. The summed E-state index contributed by atoms with van der Waals surface area (Å²) in [5.41, 5.74) is 1.21. The fourth-order valence-electron chi connectivity index (χ4n) is 2.55. The van der Waals surface area contributed by atoms with Gasteiger partial charge in [-0.2, -0.15) is 0 Å². The van der Waals surface area contributed by atoms with E-state index in [1.165, 1.54) is 17.3 Å². The van der Waals surface area contributed by atoms with Crippen LogP contribution in [0.3, 0.4) is 0 Å². The highest BCUT2D eigenvalue weighted by Crippen LogP contribution is 2.26. The summed E-state index contributed by atoms with van der Waals surface area (Å²) in [6.07, 6.45) is 1.60. The molecule has 0 aliphatic heterocycles. The standard InChI is InChI=1S/C19H22N4O2S/c1-13(15-8-5-4-6-9-15)12-20-18(24)14(2)26-19-22-21-17(23(19)3)16-10-7-11-25-16/h4-11,13-14H,12H2,1-3H3,(H,20,24). The third-order valence-corrected chi connectivity index (χ3v) is 5.31. The van der Waals surface area contributed by atoms with Crippen molar-refractivity contribution in [2.24, 2.45) is 7.05 Å². The normalized spacial score (nSPS) is 13.3. The lowest BCUT2D eigenvalue weighted by Gasteiger charge is -2.15. The maximum absolute atomic E-state index is 12.4. The topological polar surface area (TPSA) is 73.0 Å². The molecule has 26 heavy (non-hydrogen) atoms. The summed E-state index contributed by atoms with van der Waals surface area (Å²) in [7, 11) is 1.86. The van der Waals surface area contributed by atoms with E-state index >= 15 is 0 Å². The predicted molar refractivity (Wildman–Crippen MR) is 102 cm³/mol. The number of aromatic nitrogens is 3. The van der Waals surface area contributed by atoms with Crippen LogP contribution in [-0.4, -0.2) is 32.5 Å². The summed E-state index contributed by atoms with van der Waals surface area (Å²) in [5, 5.41) is 11.7. The minimum Gasteiger partial charge on any atom is -0.461 e. The number of amides is 1. The molecule has 6 nitrogen and oxygen atoms in total. The molecule has 0 saturated carbocycles. The van der Waals surface area contributed by atoms with Gasteiger partial charge in [-0.1, -0.05) is 49.0 Å². The molecular weight excluding hydrogens is 348 g/mol. The number of carbonyl (C=O) groups is 1. The fraction of sp³-hybridized carbons (Fsp3) is 0.316. The third kappa shape index (κ3) is 4.16. The number of nitrogens with zero attached hydrogens (tertiary/aromatic N) is 3. The van der Waals surface area contributed by atoms with Crippen molar-refractivity contribution in [3.63, 3.8) is 0 Å². The Hall–Kier alpha value is -2.54. The molecule has 0 bridgehead atoms. The Labute approximate surface area is 157 Å². The lowest BCUT2D eigenvalue weighted by molar-refractivity contribution is -0.120. The van der Waals surface area contributed by atoms with Crippen molar-refractivity contribution < 1.29 is 9.21 Å². The third-order valence-electron chi connectivity index (χ3n) is 4.18. The zero-order valence-electron chi connectivity index (χ0n) is 15.0. The molecule has 3 aromatic rings. The number of hydrogen-bond donors (Lipinski definition) is 1. The highest BCUT2D eigenvalue weighted by Gasteiger charge is 2.20. The minimum atomic E-state index is -0.273. The first-order valence-electron chi connectivity index (χ1n) is 8.49. The van der Waals surface area contributed by atoms with E-state index in [1.807, 2.05) is 42.8 Å². The Morgan fingerprint density at radius 2 is 1.96 bits per heavy atom. The largest absolute Gasteiger partial charge is 0.461 e. The Balaban J connectivity index is 1.56. The lowest BCUT2D eigenvalue weighted by Crippen LogP contribution is -2.33. The second-order valence-electron chi connectivity index (χ2n) is 6.16. The molecule has 0 aliphatic carbocycles. The highest BCUT2D eigenvalue weighted by atomic mass is 32.2. The van der Waals surface area contributed by atoms with Crippen molar-refractivity contribution in [2.45, 2.75) is 30.2 Å². The van der Waals surface area contributed by atoms with Crippen LogP contribution in [0.1, 0.15) is 25.3 Å². The Morgan fingerprint density at radius 3 is 2.65 bits per heavy atom. The van der Waals surface area contributed by atoms with Gasteiger partial charge in [-0.05, 0) is 30.5 Å². The molecule has 1 aromatic carbocycles. The second-order valence-corrected chi connectivity index (χ2v) is 7.47. The number of benzene rings is 1. The summed E-state index contributed by atoms with van der Waals surface area (Å²) in [6, 6.07) is 13.8. The van der Waals surface area contributed by atoms with Crippen LogP contribution in [0.2, 0.25) is 0 Å². The number of furan rings is 1. The molecule has 2 aromatic heterocycles. The summed E-state index contributed by atoms with van der Waals surface area (Å²) >= 11 is 1.38. The van der Waals surface area contributed by atoms with Gasteiger partial charge in [0.25, 0.3) is 0 Å². The van der Waals surface area contributed by atoms with Crippen LogP contribution in [0.5, 0.6) is 0 Å². The van der Waals surface area contributed by atoms with Crippen molar-refractivity contribution in [1.82, 2.24) is 20.1 Å². The molecule has 2 unspecified atom stereocenters. The van der Waals surface area contributed by atoms with E-state index in [9.17, 15) is 4.79 Å². The first-order valence-corrected chi connectivity index (χ1v) is 9.36. The fourth-order valence-corrected chi connectivity index (χ4v) is 3.39. The van der Waals surface area contributed by atoms with E-state index in [0.29, 0.717) is 23.3 Å². The monoisotopic (exact) mass is 370 g/mol. The number of hydrogen-bond acceptors (Lipinski definition) is 5. The van der Waals surface area contributed by atoms with Crippen LogP contribution >= 0.6 is 11.8 Å². The van der Waals surface area contributed by atoms with Gasteiger partial charge in [-0.15, -0.1) is 10.2 Å². The second kappa shape index (κ2) is 8.23. The van der Waals surface area contributed by atoms with Crippen molar-refractivity contribution >= 4 is 17.7 Å². The van der Waals surface area contributed by atoms with Crippen LogP contribution in [0, 0.1) is 0 Å². The molecule has 7 heteroatoms. The molecule has 0 radical (unpaired) electrons. The van der Waals surface area contributed by atoms with E-state index in [0.717, 1.165) is 0 Å². The van der Waals surface area contributed by atoms with Crippen LogP contribution in [0.15, 0.2) is 58.3 Å². The maximum Gasteiger partial charge on any atom is 0.233 e. The van der Waals surface area contributed by atoms with Gasteiger partial charge in [0, 0.05) is 13.6 Å². The molecule has 136 valence electrons. The van der Waals surface area contributed by atoms with E-state index in [1.54, 1.807) is 12.3 Å². The molecule has 0 spiro atoms.